The summed E-state index contributed by atoms with van der Waals surface area (Å²) in [6.45, 7) is 3.25. The van der Waals surface area contributed by atoms with Gasteiger partial charge in [0.25, 0.3) is 5.91 Å². The van der Waals surface area contributed by atoms with Crippen molar-refractivity contribution < 1.29 is 4.79 Å². The van der Waals surface area contributed by atoms with E-state index in [2.05, 4.69) is 38.4 Å². The van der Waals surface area contributed by atoms with Crippen molar-refractivity contribution >= 4 is 28.2 Å². The Morgan fingerprint density at radius 3 is 2.58 bits per heavy atom. The minimum atomic E-state index is -0.0713. The van der Waals surface area contributed by atoms with Crippen molar-refractivity contribution in [2.24, 2.45) is 5.92 Å². The van der Waals surface area contributed by atoms with Crippen molar-refractivity contribution in [1.82, 2.24) is 25.1 Å². The quantitative estimate of drug-likeness (QED) is 0.412. The first-order valence-corrected chi connectivity index (χ1v) is 12.8. The highest BCUT2D eigenvalue weighted by Crippen LogP contribution is 2.39. The lowest BCUT2D eigenvalue weighted by Crippen LogP contribution is -2.35. The van der Waals surface area contributed by atoms with Crippen LogP contribution < -0.4 is 16.0 Å². The van der Waals surface area contributed by atoms with Crippen LogP contribution in [-0.2, 0) is 13.1 Å². The van der Waals surface area contributed by atoms with Gasteiger partial charge in [-0.1, -0.05) is 12.1 Å². The number of nitrogen functional groups attached to an aromatic ring is 1. The molecule has 4 aromatic rings. The van der Waals surface area contributed by atoms with Gasteiger partial charge in [0, 0.05) is 61.8 Å². The van der Waals surface area contributed by atoms with Crippen LogP contribution >= 0.6 is 0 Å². The highest BCUT2D eigenvalue weighted by molar-refractivity contribution is 5.93. The fourth-order valence-corrected chi connectivity index (χ4v) is 5.14. The number of fused-ring (bicyclic) bond motifs is 1. The summed E-state index contributed by atoms with van der Waals surface area (Å²) in [5.41, 5.74) is 9.95. The highest BCUT2D eigenvalue weighted by Gasteiger charge is 2.30. The van der Waals surface area contributed by atoms with Gasteiger partial charge in [0.1, 0.15) is 11.5 Å². The summed E-state index contributed by atoms with van der Waals surface area (Å²) in [5, 5.41) is 9.94. The molecule has 8 heteroatoms. The number of carbonyl (C=O) groups excluding carboxylic acids is 1. The van der Waals surface area contributed by atoms with Crippen LogP contribution in [0.15, 0.2) is 61.1 Å². The molecule has 1 amide bonds. The van der Waals surface area contributed by atoms with Crippen molar-refractivity contribution in [3.8, 4) is 0 Å². The van der Waals surface area contributed by atoms with Crippen LogP contribution in [0.25, 0.3) is 10.8 Å². The number of piperidine rings is 1. The maximum atomic E-state index is 13.3. The molecule has 0 bridgehead atoms. The number of benzene rings is 1. The molecular formula is C28H31N7O. The molecule has 4 heterocycles. The van der Waals surface area contributed by atoms with Crippen molar-refractivity contribution in [1.29, 1.82) is 0 Å². The molecule has 1 aliphatic heterocycles. The van der Waals surface area contributed by atoms with Crippen LogP contribution in [0.1, 0.15) is 53.3 Å². The summed E-state index contributed by atoms with van der Waals surface area (Å²) in [6, 6.07) is 14.1. The standard InChI is InChI=1S/C28H31N7O/c29-27-24-4-1-20(15-22(24)5-12-31-27)17-32-28(36)26-16-25(21-2-3-21)33-35(26)18-19-8-13-34(14-9-19)23-6-10-30-11-7-23/h1,4-7,10-12,15-16,19,21H,2-3,8-9,13-14,17-18H2,(H2,29,31)(H,32,36). The largest absolute Gasteiger partial charge is 0.383 e. The lowest BCUT2D eigenvalue weighted by atomic mass is 9.96. The lowest BCUT2D eigenvalue weighted by molar-refractivity contribution is 0.0938. The topological polar surface area (TPSA) is 102 Å². The molecule has 2 aliphatic rings. The summed E-state index contributed by atoms with van der Waals surface area (Å²) < 4.78 is 1.96. The average molecular weight is 482 g/mol. The number of carbonyl (C=O) groups is 1. The molecule has 1 saturated heterocycles. The van der Waals surface area contributed by atoms with E-state index < -0.39 is 0 Å². The number of anilines is 2. The molecule has 6 rings (SSSR count). The molecule has 0 radical (unpaired) electrons. The molecule has 36 heavy (non-hydrogen) atoms. The second-order valence-electron chi connectivity index (χ2n) is 9.98. The number of hydrogen-bond acceptors (Lipinski definition) is 6. The van der Waals surface area contributed by atoms with E-state index in [0.29, 0.717) is 29.9 Å². The average Bonchev–Trinajstić information content (AvgIpc) is 3.68. The number of aromatic nitrogens is 4. The molecule has 1 saturated carbocycles. The molecule has 3 aromatic heterocycles. The van der Waals surface area contributed by atoms with Crippen LogP contribution in [0.4, 0.5) is 11.5 Å². The van der Waals surface area contributed by atoms with E-state index >= 15 is 0 Å². The Morgan fingerprint density at radius 1 is 1.00 bits per heavy atom. The zero-order chi connectivity index (χ0) is 24.5. The summed E-state index contributed by atoms with van der Waals surface area (Å²) in [4.78, 5) is 24.0. The number of pyridine rings is 2. The van der Waals surface area contributed by atoms with Gasteiger partial charge in [-0.15, -0.1) is 0 Å². The predicted molar refractivity (Wildman–Crippen MR) is 141 cm³/mol. The maximum absolute atomic E-state index is 13.3. The normalized spacial score (nSPS) is 16.4. The summed E-state index contributed by atoms with van der Waals surface area (Å²) in [6.07, 6.45) is 9.89. The van der Waals surface area contributed by atoms with Gasteiger partial charge in [0.05, 0.1) is 5.69 Å². The van der Waals surface area contributed by atoms with Crippen LogP contribution in [-0.4, -0.2) is 38.7 Å². The Hall–Kier alpha value is -3.94. The molecule has 1 aliphatic carbocycles. The zero-order valence-corrected chi connectivity index (χ0v) is 20.3. The minimum absolute atomic E-state index is 0.0713. The van der Waals surface area contributed by atoms with Crippen molar-refractivity contribution in [3.05, 3.63) is 78.0 Å². The van der Waals surface area contributed by atoms with Crippen molar-refractivity contribution in [2.75, 3.05) is 23.7 Å². The van der Waals surface area contributed by atoms with Gasteiger partial charge < -0.3 is 16.0 Å². The number of rotatable bonds is 7. The third kappa shape index (κ3) is 4.76. The Balaban J connectivity index is 1.13. The molecule has 1 aromatic carbocycles. The van der Waals surface area contributed by atoms with E-state index in [4.69, 9.17) is 10.8 Å². The number of hydrogen-bond donors (Lipinski definition) is 2. The molecule has 3 N–H and O–H groups in total. The second kappa shape index (κ2) is 9.60. The van der Waals surface area contributed by atoms with E-state index in [-0.39, 0.29) is 5.91 Å². The number of nitrogens with zero attached hydrogens (tertiary/aromatic N) is 5. The third-order valence-corrected chi connectivity index (χ3v) is 7.41. The molecule has 0 spiro atoms. The Kier molecular flexibility index (Phi) is 6.01. The van der Waals surface area contributed by atoms with Crippen molar-refractivity contribution in [3.63, 3.8) is 0 Å². The van der Waals surface area contributed by atoms with E-state index in [0.717, 1.165) is 67.3 Å². The monoisotopic (exact) mass is 481 g/mol. The van der Waals surface area contributed by atoms with Gasteiger partial charge in [-0.3, -0.25) is 14.5 Å². The molecule has 2 fully saturated rings. The van der Waals surface area contributed by atoms with E-state index in [1.807, 2.05) is 41.3 Å². The van der Waals surface area contributed by atoms with E-state index in [1.165, 1.54) is 5.69 Å². The Morgan fingerprint density at radius 2 is 1.81 bits per heavy atom. The van der Waals surface area contributed by atoms with Gasteiger partial charge in [-0.2, -0.15) is 5.10 Å². The van der Waals surface area contributed by atoms with Gasteiger partial charge in [-0.25, -0.2) is 4.98 Å². The van der Waals surface area contributed by atoms with E-state index in [1.54, 1.807) is 6.20 Å². The lowest BCUT2D eigenvalue weighted by Gasteiger charge is -2.33. The third-order valence-electron chi connectivity index (χ3n) is 7.41. The summed E-state index contributed by atoms with van der Waals surface area (Å²) in [5.74, 6) is 1.45. The fraction of sp³-hybridized carbons (Fsp3) is 0.357. The molecule has 0 atom stereocenters. The van der Waals surface area contributed by atoms with Crippen molar-refractivity contribution in [2.45, 2.75) is 44.7 Å². The Labute approximate surface area is 210 Å². The van der Waals surface area contributed by atoms with Gasteiger partial charge >= 0.3 is 0 Å². The predicted octanol–water partition coefficient (Wildman–Crippen LogP) is 4.13. The first kappa shape index (κ1) is 22.5. The zero-order valence-electron chi connectivity index (χ0n) is 20.3. The minimum Gasteiger partial charge on any atom is -0.383 e. The van der Waals surface area contributed by atoms with Gasteiger partial charge in [0.2, 0.25) is 0 Å². The fourth-order valence-electron chi connectivity index (χ4n) is 5.14. The molecular weight excluding hydrogens is 450 g/mol. The number of nitrogens with two attached hydrogens (primary N) is 1. The van der Waals surface area contributed by atoms with Crippen LogP contribution in [0.5, 0.6) is 0 Å². The van der Waals surface area contributed by atoms with Crippen LogP contribution in [0.2, 0.25) is 0 Å². The first-order chi connectivity index (χ1) is 17.6. The van der Waals surface area contributed by atoms with Crippen LogP contribution in [0, 0.1) is 5.92 Å². The molecule has 0 unspecified atom stereocenters. The number of amides is 1. The van der Waals surface area contributed by atoms with Gasteiger partial charge in [-0.05, 0) is 72.9 Å². The van der Waals surface area contributed by atoms with Crippen LogP contribution in [0.3, 0.4) is 0 Å². The highest BCUT2D eigenvalue weighted by atomic mass is 16.2. The Bertz CT molecular complexity index is 1370. The van der Waals surface area contributed by atoms with E-state index in [9.17, 15) is 4.79 Å². The molecule has 184 valence electrons. The first-order valence-electron chi connectivity index (χ1n) is 12.8. The smallest absolute Gasteiger partial charge is 0.269 e. The summed E-state index contributed by atoms with van der Waals surface area (Å²) in [7, 11) is 0. The number of nitrogens with one attached hydrogen (secondary N) is 1. The second-order valence-corrected chi connectivity index (χ2v) is 9.98. The maximum Gasteiger partial charge on any atom is 0.269 e. The molecule has 8 nitrogen and oxygen atoms in total. The summed E-state index contributed by atoms with van der Waals surface area (Å²) >= 11 is 0. The SMILES string of the molecule is Nc1nccc2cc(CNC(=O)c3cc(C4CC4)nn3CC3CCN(c4ccncc4)CC3)ccc12. The van der Waals surface area contributed by atoms with Gasteiger partial charge in [0.15, 0.2) is 0 Å².